The molecule has 0 spiro atoms. The van der Waals surface area contributed by atoms with Crippen molar-refractivity contribution in [1.82, 2.24) is 0 Å². The Balaban J connectivity index is 4.68. The van der Waals surface area contributed by atoms with Crippen molar-refractivity contribution in [3.05, 3.63) is 0 Å². The van der Waals surface area contributed by atoms with Crippen molar-refractivity contribution in [1.29, 1.82) is 0 Å². The topological polar surface area (TPSA) is 93.1 Å². The van der Waals surface area contributed by atoms with Gasteiger partial charge in [-0.1, -0.05) is 0 Å². The molecule has 0 saturated carbocycles. The van der Waals surface area contributed by atoms with E-state index in [4.69, 9.17) is 10.2 Å². The maximum absolute atomic E-state index is 11.5. The minimum absolute atomic E-state index is 0.178. The SMILES string of the molecule is CC(C)(CC(C)(C)C(=O)OCO)C(=O)OCO. The lowest BCUT2D eigenvalue weighted by atomic mass is 9.75. The van der Waals surface area contributed by atoms with Crippen molar-refractivity contribution in [3.63, 3.8) is 0 Å². The third-order valence-electron chi connectivity index (χ3n) is 2.38. The Morgan fingerprint density at radius 2 is 1.18 bits per heavy atom. The van der Waals surface area contributed by atoms with Gasteiger partial charge in [0.05, 0.1) is 10.8 Å². The van der Waals surface area contributed by atoms with Gasteiger partial charge in [0.1, 0.15) is 0 Å². The number of esters is 2. The van der Waals surface area contributed by atoms with E-state index in [1.54, 1.807) is 27.7 Å². The lowest BCUT2D eigenvalue weighted by Gasteiger charge is -2.31. The molecule has 17 heavy (non-hydrogen) atoms. The second-order valence-electron chi connectivity index (χ2n) is 5.07. The van der Waals surface area contributed by atoms with Crippen LogP contribution >= 0.6 is 0 Å². The van der Waals surface area contributed by atoms with E-state index in [0.29, 0.717) is 0 Å². The average molecular weight is 248 g/mol. The molecule has 0 bridgehead atoms. The van der Waals surface area contributed by atoms with E-state index in [2.05, 4.69) is 9.47 Å². The molecular weight excluding hydrogens is 228 g/mol. The molecule has 0 heterocycles. The molecule has 0 aromatic heterocycles. The van der Waals surface area contributed by atoms with Gasteiger partial charge in [-0.25, -0.2) is 0 Å². The molecule has 0 aromatic carbocycles. The molecule has 6 nitrogen and oxygen atoms in total. The fourth-order valence-corrected chi connectivity index (χ4v) is 1.76. The first-order valence-corrected chi connectivity index (χ1v) is 5.23. The van der Waals surface area contributed by atoms with E-state index < -0.39 is 36.4 Å². The molecule has 0 amide bonds. The van der Waals surface area contributed by atoms with Gasteiger partial charge in [0, 0.05) is 0 Å². The third-order valence-corrected chi connectivity index (χ3v) is 2.38. The van der Waals surface area contributed by atoms with Gasteiger partial charge in [-0.15, -0.1) is 0 Å². The summed E-state index contributed by atoms with van der Waals surface area (Å²) in [4.78, 5) is 23.1. The smallest absolute Gasteiger partial charge is 0.313 e. The van der Waals surface area contributed by atoms with Crippen LogP contribution in [0, 0.1) is 10.8 Å². The van der Waals surface area contributed by atoms with Gasteiger partial charge in [-0.3, -0.25) is 9.59 Å². The van der Waals surface area contributed by atoms with Crippen LogP contribution in [0.3, 0.4) is 0 Å². The highest BCUT2D eigenvalue weighted by molar-refractivity contribution is 5.80. The molecule has 0 fully saturated rings. The van der Waals surface area contributed by atoms with Crippen molar-refractivity contribution in [2.75, 3.05) is 13.6 Å². The van der Waals surface area contributed by atoms with Crippen LogP contribution in [0.4, 0.5) is 0 Å². The quantitative estimate of drug-likeness (QED) is 0.522. The molecule has 0 radical (unpaired) electrons. The van der Waals surface area contributed by atoms with E-state index in [1.807, 2.05) is 0 Å². The number of hydrogen-bond acceptors (Lipinski definition) is 6. The minimum Gasteiger partial charge on any atom is -0.438 e. The Morgan fingerprint density at radius 1 is 0.882 bits per heavy atom. The van der Waals surface area contributed by atoms with Crippen LogP contribution in [0.1, 0.15) is 34.1 Å². The minimum atomic E-state index is -0.930. The first-order chi connectivity index (χ1) is 7.67. The van der Waals surface area contributed by atoms with E-state index in [-0.39, 0.29) is 6.42 Å². The molecule has 6 heteroatoms. The number of hydrogen-bond donors (Lipinski definition) is 2. The van der Waals surface area contributed by atoms with Crippen molar-refractivity contribution in [2.24, 2.45) is 10.8 Å². The lowest BCUT2D eigenvalue weighted by Crippen LogP contribution is -2.37. The zero-order valence-corrected chi connectivity index (χ0v) is 10.6. The summed E-state index contributed by atoms with van der Waals surface area (Å²) in [6.45, 7) is 5.06. The summed E-state index contributed by atoms with van der Waals surface area (Å²) < 4.78 is 9.01. The normalized spacial score (nSPS) is 12.1. The molecular formula is C11H20O6. The lowest BCUT2D eigenvalue weighted by molar-refractivity contribution is -0.170. The van der Waals surface area contributed by atoms with Crippen molar-refractivity contribution in [3.8, 4) is 0 Å². The van der Waals surface area contributed by atoms with Gasteiger partial charge in [-0.05, 0) is 34.1 Å². The number of ether oxygens (including phenoxy) is 2. The first kappa shape index (κ1) is 15.9. The highest BCUT2D eigenvalue weighted by Crippen LogP contribution is 2.35. The molecule has 0 aliphatic rings. The van der Waals surface area contributed by atoms with Crippen LogP contribution in [0.15, 0.2) is 0 Å². The van der Waals surface area contributed by atoms with Gasteiger partial charge >= 0.3 is 11.9 Å². The van der Waals surface area contributed by atoms with Gasteiger partial charge in [0.25, 0.3) is 0 Å². The summed E-state index contributed by atoms with van der Waals surface area (Å²) in [6.07, 6.45) is 0.178. The highest BCUT2D eigenvalue weighted by atomic mass is 16.6. The summed E-state index contributed by atoms with van der Waals surface area (Å²) in [6, 6.07) is 0. The van der Waals surface area contributed by atoms with Crippen molar-refractivity contribution in [2.45, 2.75) is 34.1 Å². The van der Waals surface area contributed by atoms with Gasteiger partial charge < -0.3 is 19.7 Å². The fourth-order valence-electron chi connectivity index (χ4n) is 1.76. The Morgan fingerprint density at radius 3 is 1.41 bits per heavy atom. The number of aliphatic hydroxyl groups excluding tert-OH is 2. The van der Waals surface area contributed by atoms with Gasteiger partial charge in [0.2, 0.25) is 0 Å². The maximum atomic E-state index is 11.5. The molecule has 0 atom stereocenters. The molecule has 0 aliphatic carbocycles. The van der Waals surface area contributed by atoms with Crippen LogP contribution in [-0.4, -0.2) is 35.7 Å². The van der Waals surface area contributed by atoms with Gasteiger partial charge in [-0.2, -0.15) is 0 Å². The third kappa shape index (κ3) is 4.70. The van der Waals surface area contributed by atoms with Crippen LogP contribution in [0.2, 0.25) is 0 Å². The Hall–Kier alpha value is -1.14. The molecule has 0 rings (SSSR count). The fraction of sp³-hybridized carbons (Fsp3) is 0.818. The van der Waals surface area contributed by atoms with E-state index in [0.717, 1.165) is 0 Å². The second kappa shape index (κ2) is 5.97. The first-order valence-electron chi connectivity index (χ1n) is 5.23. The van der Waals surface area contributed by atoms with Crippen molar-refractivity contribution >= 4 is 11.9 Å². The van der Waals surface area contributed by atoms with Crippen LogP contribution in [0.25, 0.3) is 0 Å². The predicted molar refractivity (Wildman–Crippen MR) is 58.5 cm³/mol. The molecule has 0 aromatic rings. The largest absolute Gasteiger partial charge is 0.438 e. The maximum Gasteiger partial charge on any atom is 0.313 e. The van der Waals surface area contributed by atoms with E-state index in [1.165, 1.54) is 0 Å². The summed E-state index contributed by atoms with van der Waals surface area (Å²) in [5.41, 5.74) is -1.86. The Kier molecular flexibility index (Phi) is 5.57. The zero-order chi connectivity index (χ0) is 13.7. The van der Waals surface area contributed by atoms with Crippen LogP contribution in [-0.2, 0) is 19.1 Å². The monoisotopic (exact) mass is 248 g/mol. The zero-order valence-electron chi connectivity index (χ0n) is 10.6. The molecule has 0 aliphatic heterocycles. The molecule has 0 unspecified atom stereocenters. The Bertz CT molecular complexity index is 254. The highest BCUT2D eigenvalue weighted by Gasteiger charge is 2.40. The number of carbonyl (C=O) groups is 2. The average Bonchev–Trinajstić information content (AvgIpc) is 2.16. The standard InChI is InChI=1S/C11H20O6/c1-10(2,8(14)16-6-12)5-11(3,4)9(15)17-7-13/h12-13H,5-7H2,1-4H3. The summed E-state index contributed by atoms with van der Waals surface area (Å²) in [5, 5.41) is 17.0. The molecule has 0 saturated heterocycles. The summed E-state index contributed by atoms with van der Waals surface area (Å²) in [5.74, 6) is -1.19. The van der Waals surface area contributed by atoms with E-state index >= 15 is 0 Å². The van der Waals surface area contributed by atoms with Crippen LogP contribution < -0.4 is 0 Å². The molecule has 2 N–H and O–H groups in total. The number of carbonyl (C=O) groups excluding carboxylic acids is 2. The second-order valence-corrected chi connectivity index (χ2v) is 5.07. The summed E-state index contributed by atoms with van der Waals surface area (Å²) in [7, 11) is 0. The summed E-state index contributed by atoms with van der Waals surface area (Å²) >= 11 is 0. The molecule has 100 valence electrons. The number of rotatable bonds is 6. The van der Waals surface area contributed by atoms with Gasteiger partial charge in [0.15, 0.2) is 13.6 Å². The number of aliphatic hydroxyl groups is 2. The Labute approximate surface area is 101 Å². The predicted octanol–water partition coefficient (Wildman–Crippen LogP) is 0.415. The van der Waals surface area contributed by atoms with Crippen molar-refractivity contribution < 1.29 is 29.3 Å². The van der Waals surface area contributed by atoms with E-state index in [9.17, 15) is 9.59 Å². The van der Waals surface area contributed by atoms with Crippen LogP contribution in [0.5, 0.6) is 0 Å².